The number of carbonyl (C=O) groups is 1. The highest BCUT2D eigenvalue weighted by atomic mass is 16.3. The van der Waals surface area contributed by atoms with Crippen LogP contribution in [0.5, 0.6) is 5.75 Å². The smallest absolute Gasteiger partial charge is 0.238 e. The Balaban J connectivity index is 2.17. The number of hydrogen-bond donors (Lipinski definition) is 3. The molecule has 0 radical (unpaired) electrons. The minimum atomic E-state index is -0.0794. The van der Waals surface area contributed by atoms with E-state index < -0.39 is 0 Å². The SMILES string of the molecule is CCCNCC(=O)Nc1cccc2c(O)cccc12. The second kappa shape index (κ2) is 6.20. The van der Waals surface area contributed by atoms with Crippen LogP contribution in [0.15, 0.2) is 36.4 Å². The van der Waals surface area contributed by atoms with Gasteiger partial charge in [-0.2, -0.15) is 0 Å². The van der Waals surface area contributed by atoms with Gasteiger partial charge in [0, 0.05) is 16.5 Å². The highest BCUT2D eigenvalue weighted by Crippen LogP contribution is 2.29. The van der Waals surface area contributed by atoms with Gasteiger partial charge in [-0.15, -0.1) is 0 Å². The van der Waals surface area contributed by atoms with Crippen LogP contribution in [0.1, 0.15) is 13.3 Å². The summed E-state index contributed by atoms with van der Waals surface area (Å²) in [5.41, 5.74) is 0.719. The molecular weight excluding hydrogens is 240 g/mol. The molecule has 2 rings (SSSR count). The first kappa shape index (κ1) is 13.4. The summed E-state index contributed by atoms with van der Waals surface area (Å²) < 4.78 is 0. The number of amides is 1. The van der Waals surface area contributed by atoms with Gasteiger partial charge < -0.3 is 15.7 Å². The van der Waals surface area contributed by atoms with Gasteiger partial charge in [0.1, 0.15) is 5.75 Å². The zero-order valence-electron chi connectivity index (χ0n) is 10.9. The lowest BCUT2D eigenvalue weighted by atomic mass is 10.1. The zero-order valence-corrected chi connectivity index (χ0v) is 10.9. The topological polar surface area (TPSA) is 61.4 Å². The molecular formula is C15H18N2O2. The van der Waals surface area contributed by atoms with Gasteiger partial charge in [0.15, 0.2) is 0 Å². The number of benzene rings is 2. The maximum absolute atomic E-state index is 11.8. The molecule has 0 aliphatic rings. The number of phenols is 1. The molecule has 0 spiro atoms. The fourth-order valence-corrected chi connectivity index (χ4v) is 1.98. The van der Waals surface area contributed by atoms with Gasteiger partial charge in [0.2, 0.25) is 5.91 Å². The zero-order chi connectivity index (χ0) is 13.7. The third-order valence-corrected chi connectivity index (χ3v) is 2.89. The summed E-state index contributed by atoms with van der Waals surface area (Å²) in [5.74, 6) is 0.141. The Morgan fingerprint density at radius 1 is 1.16 bits per heavy atom. The van der Waals surface area contributed by atoms with E-state index in [1.165, 1.54) is 0 Å². The van der Waals surface area contributed by atoms with Crippen LogP contribution in [0.25, 0.3) is 10.8 Å². The molecule has 100 valence electrons. The fraction of sp³-hybridized carbons (Fsp3) is 0.267. The van der Waals surface area contributed by atoms with Crippen LogP contribution in [0.2, 0.25) is 0 Å². The van der Waals surface area contributed by atoms with Crippen LogP contribution in [-0.4, -0.2) is 24.1 Å². The minimum Gasteiger partial charge on any atom is -0.507 e. The molecule has 0 aliphatic carbocycles. The molecule has 0 aliphatic heterocycles. The molecule has 2 aromatic rings. The van der Waals surface area contributed by atoms with Crippen molar-refractivity contribution in [1.29, 1.82) is 0 Å². The fourth-order valence-electron chi connectivity index (χ4n) is 1.98. The summed E-state index contributed by atoms with van der Waals surface area (Å²) in [4.78, 5) is 11.8. The van der Waals surface area contributed by atoms with Crippen LogP contribution >= 0.6 is 0 Å². The Bertz CT molecular complexity index is 581. The highest BCUT2D eigenvalue weighted by Gasteiger charge is 2.06. The second-order valence-corrected chi connectivity index (χ2v) is 4.40. The number of fused-ring (bicyclic) bond motifs is 1. The molecule has 0 unspecified atom stereocenters. The van der Waals surface area contributed by atoms with Crippen molar-refractivity contribution < 1.29 is 9.90 Å². The van der Waals surface area contributed by atoms with Gasteiger partial charge in [-0.3, -0.25) is 4.79 Å². The third-order valence-electron chi connectivity index (χ3n) is 2.89. The Labute approximate surface area is 112 Å². The summed E-state index contributed by atoms with van der Waals surface area (Å²) in [5, 5.41) is 17.3. The van der Waals surface area contributed by atoms with E-state index in [9.17, 15) is 9.90 Å². The first-order valence-electron chi connectivity index (χ1n) is 6.43. The predicted molar refractivity (Wildman–Crippen MR) is 77.4 cm³/mol. The lowest BCUT2D eigenvalue weighted by molar-refractivity contribution is -0.115. The van der Waals surface area contributed by atoms with E-state index >= 15 is 0 Å². The molecule has 0 heterocycles. The van der Waals surface area contributed by atoms with Crippen molar-refractivity contribution in [2.75, 3.05) is 18.4 Å². The Morgan fingerprint density at radius 2 is 1.89 bits per heavy atom. The minimum absolute atomic E-state index is 0.0794. The number of carbonyl (C=O) groups excluding carboxylic acids is 1. The van der Waals surface area contributed by atoms with Crippen LogP contribution in [0.3, 0.4) is 0 Å². The highest BCUT2D eigenvalue weighted by molar-refractivity contribution is 6.04. The van der Waals surface area contributed by atoms with Gasteiger partial charge in [0.05, 0.1) is 6.54 Å². The van der Waals surface area contributed by atoms with Gasteiger partial charge in [-0.1, -0.05) is 31.2 Å². The molecule has 4 heteroatoms. The van der Waals surface area contributed by atoms with E-state index in [0.29, 0.717) is 6.54 Å². The quantitative estimate of drug-likeness (QED) is 0.722. The van der Waals surface area contributed by atoms with E-state index in [1.807, 2.05) is 24.3 Å². The van der Waals surface area contributed by atoms with Crippen molar-refractivity contribution in [1.82, 2.24) is 5.32 Å². The van der Waals surface area contributed by atoms with E-state index in [2.05, 4.69) is 17.6 Å². The standard InChI is InChI=1S/C15H18N2O2/c1-2-9-16-10-15(19)17-13-7-3-6-12-11(13)5-4-8-14(12)18/h3-8,16,18H,2,9-10H2,1H3,(H,17,19). The largest absolute Gasteiger partial charge is 0.507 e. The van der Waals surface area contributed by atoms with E-state index in [0.717, 1.165) is 29.4 Å². The Kier molecular flexibility index (Phi) is 4.36. The maximum atomic E-state index is 11.8. The molecule has 0 aromatic heterocycles. The monoisotopic (exact) mass is 258 g/mol. The second-order valence-electron chi connectivity index (χ2n) is 4.40. The van der Waals surface area contributed by atoms with Crippen molar-refractivity contribution in [2.24, 2.45) is 0 Å². The average molecular weight is 258 g/mol. The molecule has 19 heavy (non-hydrogen) atoms. The molecule has 3 N–H and O–H groups in total. The van der Waals surface area contributed by atoms with E-state index in [-0.39, 0.29) is 11.7 Å². The number of rotatable bonds is 5. The normalized spacial score (nSPS) is 10.6. The molecule has 0 atom stereocenters. The van der Waals surface area contributed by atoms with Crippen molar-refractivity contribution in [2.45, 2.75) is 13.3 Å². The maximum Gasteiger partial charge on any atom is 0.238 e. The molecule has 1 amide bonds. The number of hydrogen-bond acceptors (Lipinski definition) is 3. The first-order valence-corrected chi connectivity index (χ1v) is 6.43. The Morgan fingerprint density at radius 3 is 2.68 bits per heavy atom. The number of nitrogens with one attached hydrogen (secondary N) is 2. The molecule has 4 nitrogen and oxygen atoms in total. The van der Waals surface area contributed by atoms with E-state index in [4.69, 9.17) is 0 Å². The molecule has 0 fully saturated rings. The van der Waals surface area contributed by atoms with Crippen LogP contribution < -0.4 is 10.6 Å². The predicted octanol–water partition coefficient (Wildman–Crippen LogP) is 2.48. The van der Waals surface area contributed by atoms with Crippen molar-refractivity contribution in [3.05, 3.63) is 36.4 Å². The van der Waals surface area contributed by atoms with Crippen LogP contribution in [0, 0.1) is 0 Å². The lowest BCUT2D eigenvalue weighted by Gasteiger charge is -2.10. The molecule has 2 aromatic carbocycles. The summed E-state index contributed by atoms with van der Waals surface area (Å²) in [6.07, 6.45) is 0.995. The summed E-state index contributed by atoms with van der Waals surface area (Å²) in [6, 6.07) is 10.8. The van der Waals surface area contributed by atoms with Crippen LogP contribution in [0.4, 0.5) is 5.69 Å². The first-order chi connectivity index (χ1) is 9.22. The van der Waals surface area contributed by atoms with E-state index in [1.54, 1.807) is 12.1 Å². The summed E-state index contributed by atoms with van der Waals surface area (Å²) in [7, 11) is 0. The Hall–Kier alpha value is -2.07. The summed E-state index contributed by atoms with van der Waals surface area (Å²) in [6.45, 7) is 3.17. The summed E-state index contributed by atoms with van der Waals surface area (Å²) >= 11 is 0. The third kappa shape index (κ3) is 3.23. The average Bonchev–Trinajstić information content (AvgIpc) is 2.40. The van der Waals surface area contributed by atoms with Crippen molar-refractivity contribution in [3.63, 3.8) is 0 Å². The van der Waals surface area contributed by atoms with Gasteiger partial charge in [-0.05, 0) is 25.1 Å². The molecule has 0 saturated heterocycles. The number of aromatic hydroxyl groups is 1. The molecule has 0 bridgehead atoms. The van der Waals surface area contributed by atoms with Crippen LogP contribution in [-0.2, 0) is 4.79 Å². The number of phenolic OH excluding ortho intramolecular Hbond substituents is 1. The van der Waals surface area contributed by atoms with Gasteiger partial charge >= 0.3 is 0 Å². The van der Waals surface area contributed by atoms with Crippen molar-refractivity contribution in [3.8, 4) is 5.75 Å². The van der Waals surface area contributed by atoms with Gasteiger partial charge in [0.25, 0.3) is 0 Å². The lowest BCUT2D eigenvalue weighted by Crippen LogP contribution is -2.28. The van der Waals surface area contributed by atoms with Gasteiger partial charge in [-0.25, -0.2) is 0 Å². The molecule has 0 saturated carbocycles. The number of anilines is 1. The van der Waals surface area contributed by atoms with Crippen molar-refractivity contribution >= 4 is 22.4 Å².